The van der Waals surface area contributed by atoms with Crippen molar-refractivity contribution in [3.8, 4) is 0 Å². The molecule has 24 heavy (non-hydrogen) atoms. The summed E-state index contributed by atoms with van der Waals surface area (Å²) in [7, 11) is -3.36. The summed E-state index contributed by atoms with van der Waals surface area (Å²) in [5.74, 6) is 0. The van der Waals surface area contributed by atoms with Crippen molar-refractivity contribution in [2.24, 2.45) is 0 Å². The van der Waals surface area contributed by atoms with E-state index in [1.165, 1.54) is 11.1 Å². The van der Waals surface area contributed by atoms with Crippen LogP contribution in [0.5, 0.6) is 0 Å². The number of hydrogen-bond acceptors (Lipinski definition) is 3. The molecule has 1 aliphatic carbocycles. The van der Waals surface area contributed by atoms with Gasteiger partial charge >= 0.3 is 0 Å². The molecule has 0 radical (unpaired) electrons. The number of hydrogen-bond donors (Lipinski definition) is 0. The van der Waals surface area contributed by atoms with Gasteiger partial charge in [-0.3, -0.25) is 4.90 Å². The van der Waals surface area contributed by atoms with Gasteiger partial charge in [0.2, 0.25) is 10.0 Å². The van der Waals surface area contributed by atoms with Crippen LogP contribution in [0.1, 0.15) is 23.6 Å². The van der Waals surface area contributed by atoms with Gasteiger partial charge in [0.15, 0.2) is 0 Å². The van der Waals surface area contributed by atoms with Crippen LogP contribution in [0.4, 0.5) is 0 Å². The smallest absolute Gasteiger partial charge is 0.243 e. The quantitative estimate of drug-likeness (QED) is 0.861. The fourth-order valence-corrected chi connectivity index (χ4v) is 5.35. The molecule has 2 aromatic carbocycles. The van der Waals surface area contributed by atoms with Crippen LogP contribution in [0.25, 0.3) is 0 Å². The molecule has 1 aliphatic heterocycles. The number of nitrogens with zero attached hydrogens (tertiary/aromatic N) is 2. The normalized spacial score (nSPS) is 22.4. The monoisotopic (exact) mass is 342 g/mol. The van der Waals surface area contributed by atoms with E-state index in [1.54, 1.807) is 28.6 Å². The Bertz CT molecular complexity index is 812. The first-order valence-electron chi connectivity index (χ1n) is 8.53. The third-order valence-electron chi connectivity index (χ3n) is 5.20. The highest BCUT2D eigenvalue weighted by Crippen LogP contribution is 2.36. The maximum absolute atomic E-state index is 12.7. The van der Waals surface area contributed by atoms with Crippen molar-refractivity contribution in [2.75, 3.05) is 26.2 Å². The summed E-state index contributed by atoms with van der Waals surface area (Å²) in [4.78, 5) is 2.84. The van der Waals surface area contributed by atoms with Crippen LogP contribution >= 0.6 is 0 Å². The second kappa shape index (κ2) is 6.31. The van der Waals surface area contributed by atoms with Gasteiger partial charge in [-0.1, -0.05) is 42.5 Å². The molecule has 4 rings (SSSR count). The Hall–Kier alpha value is -1.69. The van der Waals surface area contributed by atoms with E-state index in [1.807, 2.05) is 6.07 Å². The molecule has 5 heteroatoms. The second-order valence-corrected chi connectivity index (χ2v) is 8.44. The molecule has 4 nitrogen and oxygen atoms in total. The van der Waals surface area contributed by atoms with E-state index in [2.05, 4.69) is 29.2 Å². The summed E-state index contributed by atoms with van der Waals surface area (Å²) >= 11 is 0. The minimum atomic E-state index is -3.36. The van der Waals surface area contributed by atoms with Gasteiger partial charge in [0.1, 0.15) is 0 Å². The predicted octanol–water partition coefficient (Wildman–Crippen LogP) is 2.68. The van der Waals surface area contributed by atoms with Crippen LogP contribution in [0.15, 0.2) is 59.5 Å². The molecule has 1 saturated heterocycles. The summed E-state index contributed by atoms with van der Waals surface area (Å²) in [6.45, 7) is 2.72. The van der Waals surface area contributed by atoms with E-state index in [9.17, 15) is 8.42 Å². The Balaban J connectivity index is 1.46. The Morgan fingerprint density at radius 3 is 2.25 bits per heavy atom. The van der Waals surface area contributed by atoms with E-state index >= 15 is 0 Å². The number of benzene rings is 2. The van der Waals surface area contributed by atoms with Crippen LogP contribution in [0.2, 0.25) is 0 Å². The van der Waals surface area contributed by atoms with Crippen molar-refractivity contribution >= 4 is 10.0 Å². The maximum atomic E-state index is 12.7. The zero-order valence-corrected chi connectivity index (χ0v) is 14.5. The Morgan fingerprint density at radius 1 is 0.833 bits per heavy atom. The Kier molecular flexibility index (Phi) is 4.16. The minimum Gasteiger partial charge on any atom is -0.294 e. The van der Waals surface area contributed by atoms with Gasteiger partial charge in [0.25, 0.3) is 0 Å². The number of rotatable bonds is 3. The Morgan fingerprint density at radius 2 is 1.50 bits per heavy atom. The average molecular weight is 342 g/mol. The van der Waals surface area contributed by atoms with Gasteiger partial charge in [0, 0.05) is 32.2 Å². The molecule has 0 amide bonds. The molecule has 2 aliphatic rings. The van der Waals surface area contributed by atoms with Crippen molar-refractivity contribution in [1.82, 2.24) is 9.21 Å². The Labute approximate surface area is 143 Å². The topological polar surface area (TPSA) is 40.6 Å². The van der Waals surface area contributed by atoms with E-state index in [0.717, 1.165) is 25.9 Å². The van der Waals surface area contributed by atoms with Crippen LogP contribution in [-0.4, -0.2) is 43.8 Å². The van der Waals surface area contributed by atoms with Gasteiger partial charge in [-0.2, -0.15) is 4.31 Å². The van der Waals surface area contributed by atoms with Crippen LogP contribution in [0, 0.1) is 0 Å². The number of aryl methyl sites for hydroxylation is 1. The molecule has 1 atom stereocenters. The van der Waals surface area contributed by atoms with Crippen molar-refractivity contribution < 1.29 is 8.42 Å². The summed E-state index contributed by atoms with van der Waals surface area (Å²) in [6, 6.07) is 17.8. The molecule has 126 valence electrons. The molecule has 2 aromatic rings. The van der Waals surface area contributed by atoms with Gasteiger partial charge in [-0.15, -0.1) is 0 Å². The van der Waals surface area contributed by atoms with Gasteiger partial charge in [-0.25, -0.2) is 8.42 Å². The molecule has 0 bridgehead atoms. The fourth-order valence-electron chi connectivity index (χ4n) is 3.91. The van der Waals surface area contributed by atoms with Gasteiger partial charge < -0.3 is 0 Å². The first-order valence-corrected chi connectivity index (χ1v) is 9.97. The molecule has 1 fully saturated rings. The summed E-state index contributed by atoms with van der Waals surface area (Å²) in [5, 5.41) is 0. The van der Waals surface area contributed by atoms with E-state index in [-0.39, 0.29) is 0 Å². The SMILES string of the molecule is O=S(=O)(c1ccccc1)N1CCN(C2CCc3ccccc32)CC1. The summed E-state index contributed by atoms with van der Waals surface area (Å²) in [5.41, 5.74) is 2.87. The zero-order valence-electron chi connectivity index (χ0n) is 13.6. The molecular weight excluding hydrogens is 320 g/mol. The lowest BCUT2D eigenvalue weighted by atomic mass is 10.1. The van der Waals surface area contributed by atoms with Crippen molar-refractivity contribution in [1.29, 1.82) is 0 Å². The number of piperazine rings is 1. The lowest BCUT2D eigenvalue weighted by Gasteiger charge is -2.37. The average Bonchev–Trinajstić information content (AvgIpc) is 3.07. The first-order chi connectivity index (χ1) is 11.7. The standard InChI is InChI=1S/C19H22N2O2S/c22-24(23,17-7-2-1-3-8-17)21-14-12-20(13-15-21)19-11-10-16-6-4-5-9-18(16)19/h1-9,19H,10-15H2. The molecule has 0 spiro atoms. The largest absolute Gasteiger partial charge is 0.294 e. The third-order valence-corrected chi connectivity index (χ3v) is 7.11. The lowest BCUT2D eigenvalue weighted by Crippen LogP contribution is -2.49. The van der Waals surface area contributed by atoms with E-state index < -0.39 is 10.0 Å². The van der Waals surface area contributed by atoms with Crippen molar-refractivity contribution in [2.45, 2.75) is 23.8 Å². The first kappa shape index (κ1) is 15.8. The number of fused-ring (bicyclic) bond motifs is 1. The molecule has 0 N–H and O–H groups in total. The predicted molar refractivity (Wildman–Crippen MR) is 94.3 cm³/mol. The highest BCUT2D eigenvalue weighted by Gasteiger charge is 2.33. The van der Waals surface area contributed by atoms with E-state index in [0.29, 0.717) is 24.0 Å². The molecule has 0 saturated carbocycles. The van der Waals surface area contributed by atoms with Crippen LogP contribution in [0.3, 0.4) is 0 Å². The molecule has 1 heterocycles. The van der Waals surface area contributed by atoms with Crippen molar-refractivity contribution in [3.05, 3.63) is 65.7 Å². The summed E-state index contributed by atoms with van der Waals surface area (Å²) in [6.07, 6.45) is 2.27. The molecular formula is C19H22N2O2S. The summed E-state index contributed by atoms with van der Waals surface area (Å²) < 4.78 is 27.1. The minimum absolute atomic E-state index is 0.393. The molecule has 1 unspecified atom stereocenters. The van der Waals surface area contributed by atoms with Crippen molar-refractivity contribution in [3.63, 3.8) is 0 Å². The van der Waals surface area contributed by atoms with Gasteiger partial charge in [0.05, 0.1) is 4.90 Å². The highest BCUT2D eigenvalue weighted by molar-refractivity contribution is 7.89. The van der Waals surface area contributed by atoms with Crippen LogP contribution < -0.4 is 0 Å². The number of sulfonamides is 1. The zero-order chi connectivity index (χ0) is 16.6. The maximum Gasteiger partial charge on any atom is 0.243 e. The lowest BCUT2D eigenvalue weighted by molar-refractivity contribution is 0.137. The fraction of sp³-hybridized carbons (Fsp3) is 0.368. The highest BCUT2D eigenvalue weighted by atomic mass is 32.2. The van der Waals surface area contributed by atoms with Gasteiger partial charge in [-0.05, 0) is 36.1 Å². The third kappa shape index (κ3) is 2.77. The second-order valence-electron chi connectivity index (χ2n) is 6.51. The van der Waals surface area contributed by atoms with Crippen LogP contribution in [-0.2, 0) is 16.4 Å². The molecule has 0 aromatic heterocycles. The van der Waals surface area contributed by atoms with E-state index in [4.69, 9.17) is 0 Å².